The summed E-state index contributed by atoms with van der Waals surface area (Å²) in [5.41, 5.74) is 0.959. The number of nitrogens with zero attached hydrogens (tertiary/aromatic N) is 5. The van der Waals surface area contributed by atoms with Gasteiger partial charge in [-0.1, -0.05) is 0 Å². The van der Waals surface area contributed by atoms with Gasteiger partial charge in [0.1, 0.15) is 24.2 Å². The average Bonchev–Trinajstić information content (AvgIpc) is 2.86. The van der Waals surface area contributed by atoms with Crippen LogP contribution in [0.1, 0.15) is 11.4 Å². The van der Waals surface area contributed by atoms with Gasteiger partial charge in [-0.2, -0.15) is 10.5 Å². The first-order chi connectivity index (χ1) is 8.28. The summed E-state index contributed by atoms with van der Waals surface area (Å²) in [6, 6.07) is 8.84. The van der Waals surface area contributed by atoms with E-state index in [9.17, 15) is 0 Å². The van der Waals surface area contributed by atoms with E-state index < -0.39 is 0 Å². The van der Waals surface area contributed by atoms with Crippen molar-refractivity contribution in [2.24, 2.45) is 0 Å². The molecule has 0 aliphatic carbocycles. The molecular weight excluding hydrogens is 218 g/mol. The fraction of sp³-hybridized carbons (Fsp3) is 0.0909. The van der Waals surface area contributed by atoms with Crippen LogP contribution in [0, 0.1) is 22.7 Å². The lowest BCUT2D eigenvalue weighted by Crippen LogP contribution is -1.99. The normalized spacial score (nSPS) is 9.35. The molecule has 2 aromatic rings. The average molecular weight is 225 g/mol. The van der Waals surface area contributed by atoms with Crippen LogP contribution in [0.3, 0.4) is 0 Å². The van der Waals surface area contributed by atoms with E-state index in [0.29, 0.717) is 17.0 Å². The van der Waals surface area contributed by atoms with E-state index in [0.717, 1.165) is 0 Å². The minimum atomic E-state index is 0.0525. The van der Waals surface area contributed by atoms with Crippen LogP contribution >= 0.6 is 0 Å². The quantitative estimate of drug-likeness (QED) is 0.761. The number of nitriles is 2. The van der Waals surface area contributed by atoms with Crippen molar-refractivity contribution in [1.82, 2.24) is 14.8 Å². The molecule has 0 unspecified atom stereocenters. The molecule has 0 aliphatic rings. The van der Waals surface area contributed by atoms with E-state index in [1.165, 1.54) is 18.1 Å². The highest BCUT2D eigenvalue weighted by atomic mass is 16.5. The molecule has 0 saturated heterocycles. The van der Waals surface area contributed by atoms with Crippen LogP contribution in [0.2, 0.25) is 0 Å². The zero-order chi connectivity index (χ0) is 12.3. The summed E-state index contributed by atoms with van der Waals surface area (Å²) in [5, 5.41) is 21.6. The Balaban J connectivity index is 2.57. The molecule has 6 nitrogen and oxygen atoms in total. The number of ether oxygens (including phenoxy) is 1. The first-order valence-corrected chi connectivity index (χ1v) is 4.68. The Morgan fingerprint density at radius 3 is 2.71 bits per heavy atom. The first kappa shape index (κ1) is 10.7. The Morgan fingerprint density at radius 1 is 1.29 bits per heavy atom. The minimum Gasteiger partial charge on any atom is -0.497 e. The second-order valence-corrected chi connectivity index (χ2v) is 3.12. The molecule has 0 fully saturated rings. The van der Waals surface area contributed by atoms with E-state index >= 15 is 0 Å². The Morgan fingerprint density at radius 2 is 2.12 bits per heavy atom. The van der Waals surface area contributed by atoms with Gasteiger partial charge in [0.2, 0.25) is 0 Å². The fourth-order valence-corrected chi connectivity index (χ4v) is 1.35. The number of methoxy groups -OCH3 is 1. The number of rotatable bonds is 2. The molecule has 0 amide bonds. The molecule has 1 aromatic carbocycles. The second kappa shape index (κ2) is 4.33. The summed E-state index contributed by atoms with van der Waals surface area (Å²) in [6.07, 6.45) is 1.38. The van der Waals surface area contributed by atoms with E-state index in [4.69, 9.17) is 15.3 Å². The lowest BCUT2D eigenvalue weighted by molar-refractivity contribution is 0.414. The van der Waals surface area contributed by atoms with Crippen molar-refractivity contribution >= 4 is 0 Å². The summed E-state index contributed by atoms with van der Waals surface area (Å²) < 4.78 is 6.45. The van der Waals surface area contributed by atoms with Crippen molar-refractivity contribution in [1.29, 1.82) is 10.5 Å². The third-order valence-electron chi connectivity index (χ3n) is 2.16. The van der Waals surface area contributed by atoms with E-state index in [1.54, 1.807) is 18.2 Å². The predicted octanol–water partition coefficient (Wildman–Crippen LogP) is 1.02. The Labute approximate surface area is 97.3 Å². The van der Waals surface area contributed by atoms with Crippen molar-refractivity contribution < 1.29 is 4.74 Å². The highest BCUT2D eigenvalue weighted by Gasteiger charge is 2.08. The minimum absolute atomic E-state index is 0.0525. The van der Waals surface area contributed by atoms with Gasteiger partial charge in [-0.05, 0) is 12.1 Å². The first-order valence-electron chi connectivity index (χ1n) is 4.68. The van der Waals surface area contributed by atoms with Crippen molar-refractivity contribution in [2.45, 2.75) is 0 Å². The summed E-state index contributed by atoms with van der Waals surface area (Å²) in [4.78, 5) is 3.78. The smallest absolute Gasteiger partial charge is 0.252 e. The summed E-state index contributed by atoms with van der Waals surface area (Å²) >= 11 is 0. The van der Waals surface area contributed by atoms with Crippen LogP contribution in [-0.2, 0) is 0 Å². The molecule has 17 heavy (non-hydrogen) atoms. The highest BCUT2D eigenvalue weighted by Crippen LogP contribution is 2.20. The highest BCUT2D eigenvalue weighted by molar-refractivity contribution is 5.52. The van der Waals surface area contributed by atoms with Gasteiger partial charge in [0.05, 0.1) is 18.4 Å². The lowest BCUT2D eigenvalue weighted by Gasteiger charge is -2.05. The Kier molecular flexibility index (Phi) is 2.71. The van der Waals surface area contributed by atoms with E-state index in [2.05, 4.69) is 10.1 Å². The monoisotopic (exact) mass is 225 g/mol. The van der Waals surface area contributed by atoms with Gasteiger partial charge in [-0.3, -0.25) is 0 Å². The number of hydrogen-bond donors (Lipinski definition) is 0. The molecule has 0 radical (unpaired) electrons. The molecule has 0 atom stereocenters. The summed E-state index contributed by atoms with van der Waals surface area (Å²) in [7, 11) is 1.53. The van der Waals surface area contributed by atoms with Gasteiger partial charge < -0.3 is 4.74 Å². The third-order valence-corrected chi connectivity index (χ3v) is 2.16. The number of aromatic nitrogens is 3. The van der Waals surface area contributed by atoms with Crippen LogP contribution in [0.5, 0.6) is 5.75 Å². The van der Waals surface area contributed by atoms with Crippen molar-refractivity contribution in [2.75, 3.05) is 7.11 Å². The van der Waals surface area contributed by atoms with Crippen LogP contribution < -0.4 is 4.74 Å². The van der Waals surface area contributed by atoms with E-state index in [1.807, 2.05) is 12.1 Å². The van der Waals surface area contributed by atoms with Crippen molar-refractivity contribution in [3.63, 3.8) is 0 Å². The largest absolute Gasteiger partial charge is 0.497 e. The third kappa shape index (κ3) is 1.92. The van der Waals surface area contributed by atoms with Crippen LogP contribution in [0.15, 0.2) is 24.5 Å². The summed E-state index contributed by atoms with van der Waals surface area (Å²) in [5.74, 6) is 0.657. The maximum absolute atomic E-state index is 8.99. The zero-order valence-electron chi connectivity index (χ0n) is 8.95. The van der Waals surface area contributed by atoms with Crippen molar-refractivity contribution in [3.05, 3.63) is 35.9 Å². The van der Waals surface area contributed by atoms with E-state index in [-0.39, 0.29) is 5.82 Å². The fourth-order valence-electron chi connectivity index (χ4n) is 1.35. The molecule has 2 rings (SSSR count). The molecule has 0 spiro atoms. The van der Waals surface area contributed by atoms with Crippen LogP contribution in [0.4, 0.5) is 0 Å². The standard InChI is InChI=1S/C11H7N5O/c1-17-9-3-2-8(5-12)10(4-9)16-7-14-11(6-13)15-16/h2-4,7H,1H3. The lowest BCUT2D eigenvalue weighted by atomic mass is 10.2. The molecule has 6 heteroatoms. The van der Waals surface area contributed by atoms with Gasteiger partial charge in [-0.25, -0.2) is 9.67 Å². The molecule has 0 saturated carbocycles. The molecule has 0 aliphatic heterocycles. The topological polar surface area (TPSA) is 87.5 Å². The Bertz CT molecular complexity index is 632. The molecule has 82 valence electrons. The molecule has 1 heterocycles. The number of hydrogen-bond acceptors (Lipinski definition) is 5. The maximum Gasteiger partial charge on any atom is 0.252 e. The van der Waals surface area contributed by atoms with Gasteiger partial charge in [0.25, 0.3) is 5.82 Å². The van der Waals surface area contributed by atoms with Crippen LogP contribution in [-0.4, -0.2) is 21.9 Å². The second-order valence-electron chi connectivity index (χ2n) is 3.12. The maximum atomic E-state index is 8.99. The summed E-state index contributed by atoms with van der Waals surface area (Å²) in [6.45, 7) is 0. The Hall–Kier alpha value is -2.86. The number of benzene rings is 1. The predicted molar refractivity (Wildman–Crippen MR) is 57.3 cm³/mol. The SMILES string of the molecule is COc1ccc(C#N)c(-n2cnc(C#N)n2)c1. The molecule has 1 aromatic heterocycles. The molecular formula is C11H7N5O. The molecule has 0 bridgehead atoms. The van der Waals surface area contributed by atoms with Gasteiger partial charge in [0.15, 0.2) is 0 Å². The van der Waals surface area contributed by atoms with Gasteiger partial charge >= 0.3 is 0 Å². The zero-order valence-corrected chi connectivity index (χ0v) is 8.95. The molecule has 0 N–H and O–H groups in total. The van der Waals surface area contributed by atoms with Gasteiger partial charge in [-0.15, -0.1) is 5.10 Å². The van der Waals surface area contributed by atoms with Crippen LogP contribution in [0.25, 0.3) is 5.69 Å². The van der Waals surface area contributed by atoms with Gasteiger partial charge in [0, 0.05) is 6.07 Å². The van der Waals surface area contributed by atoms with Crippen molar-refractivity contribution in [3.8, 4) is 23.6 Å².